The van der Waals surface area contributed by atoms with Crippen LogP contribution in [0.2, 0.25) is 0 Å². The Labute approximate surface area is 124 Å². The van der Waals surface area contributed by atoms with Gasteiger partial charge in [0.2, 0.25) is 5.91 Å². The molecule has 1 amide bonds. The first-order valence-electron chi connectivity index (χ1n) is 7.18. The molecule has 2 aliphatic carbocycles. The molecule has 0 aromatic heterocycles. The minimum absolute atomic E-state index is 0.152. The van der Waals surface area contributed by atoms with Crippen LogP contribution in [0.5, 0.6) is 0 Å². The molecule has 2 bridgehead atoms. The van der Waals surface area contributed by atoms with Gasteiger partial charge in [-0.3, -0.25) is 9.59 Å². The summed E-state index contributed by atoms with van der Waals surface area (Å²) in [7, 11) is 0. The fraction of sp³-hybridized carbons (Fsp3) is 0.867. The zero-order valence-electron chi connectivity index (χ0n) is 12.5. The highest BCUT2D eigenvalue weighted by molar-refractivity contribution is 9.10. The van der Waals surface area contributed by atoms with Gasteiger partial charge in [-0.2, -0.15) is 0 Å². The molecule has 3 nitrogen and oxygen atoms in total. The van der Waals surface area contributed by atoms with Gasteiger partial charge in [-0.1, -0.05) is 36.7 Å². The largest absolute Gasteiger partial charge is 0.343 e. The highest BCUT2D eigenvalue weighted by Gasteiger charge is 2.77. The molecule has 108 valence electrons. The lowest BCUT2D eigenvalue weighted by molar-refractivity contribution is -0.146. The van der Waals surface area contributed by atoms with Gasteiger partial charge in [0.25, 0.3) is 0 Å². The number of hydrogen-bond acceptors (Lipinski definition) is 2. The average Bonchev–Trinajstić information content (AvgIpc) is 2.63. The van der Waals surface area contributed by atoms with E-state index in [0.29, 0.717) is 13.1 Å². The number of fused-ring (bicyclic) bond motifs is 2. The minimum Gasteiger partial charge on any atom is -0.343 e. The smallest absolute Gasteiger partial charge is 0.230 e. The molecule has 2 rings (SSSR count). The molecule has 2 aliphatic rings. The van der Waals surface area contributed by atoms with Crippen LogP contribution in [0, 0.1) is 16.2 Å². The third-order valence-electron chi connectivity index (χ3n) is 6.15. The quantitative estimate of drug-likeness (QED) is 0.746. The monoisotopic (exact) mass is 329 g/mol. The first kappa shape index (κ1) is 15.0. The van der Waals surface area contributed by atoms with Crippen LogP contribution in [0.4, 0.5) is 0 Å². The molecular weight excluding hydrogens is 306 g/mol. The Kier molecular flexibility index (Phi) is 3.40. The van der Waals surface area contributed by atoms with Crippen molar-refractivity contribution >= 4 is 27.6 Å². The number of hydrogen-bond donors (Lipinski definition) is 0. The second-order valence-corrected chi connectivity index (χ2v) is 7.55. The Morgan fingerprint density at radius 1 is 1.26 bits per heavy atom. The second kappa shape index (κ2) is 4.31. The predicted molar refractivity (Wildman–Crippen MR) is 79.2 cm³/mol. The van der Waals surface area contributed by atoms with E-state index in [9.17, 15) is 9.59 Å². The van der Waals surface area contributed by atoms with E-state index in [1.165, 1.54) is 0 Å². The van der Waals surface area contributed by atoms with E-state index in [4.69, 9.17) is 0 Å². The van der Waals surface area contributed by atoms with E-state index in [-0.39, 0.29) is 27.3 Å². The van der Waals surface area contributed by atoms with Crippen molar-refractivity contribution in [2.45, 2.75) is 52.3 Å². The summed E-state index contributed by atoms with van der Waals surface area (Å²) < 4.78 is 0. The summed E-state index contributed by atoms with van der Waals surface area (Å²) in [6.45, 7) is 11.6. The summed E-state index contributed by atoms with van der Waals surface area (Å²) >= 11 is 3.56. The van der Waals surface area contributed by atoms with Gasteiger partial charge in [-0.25, -0.2) is 0 Å². The molecule has 4 heteroatoms. The van der Waals surface area contributed by atoms with Crippen LogP contribution in [0.15, 0.2) is 0 Å². The van der Waals surface area contributed by atoms with Gasteiger partial charge in [0, 0.05) is 18.5 Å². The average molecular weight is 330 g/mol. The minimum atomic E-state index is -0.565. The number of halogens is 1. The van der Waals surface area contributed by atoms with Gasteiger partial charge >= 0.3 is 0 Å². The van der Waals surface area contributed by atoms with Crippen LogP contribution in [-0.4, -0.2) is 34.5 Å². The highest BCUT2D eigenvalue weighted by Crippen LogP contribution is 2.72. The summed E-state index contributed by atoms with van der Waals surface area (Å²) in [5.41, 5.74) is -1.22. The molecule has 2 fully saturated rings. The number of carbonyl (C=O) groups is 2. The molecule has 0 radical (unpaired) electrons. The van der Waals surface area contributed by atoms with Gasteiger partial charge in [-0.15, -0.1) is 0 Å². The summed E-state index contributed by atoms with van der Waals surface area (Å²) in [5.74, 6) is 0.364. The molecule has 0 aromatic rings. The number of alkyl halides is 1. The Morgan fingerprint density at radius 2 is 1.79 bits per heavy atom. The molecule has 3 unspecified atom stereocenters. The maximum absolute atomic E-state index is 13.0. The van der Waals surface area contributed by atoms with Crippen molar-refractivity contribution in [1.29, 1.82) is 0 Å². The Bertz CT molecular complexity index is 430. The highest BCUT2D eigenvalue weighted by atomic mass is 79.9. The molecule has 0 aromatic carbocycles. The molecule has 0 aliphatic heterocycles. The number of ketones is 1. The molecule has 0 N–H and O–H groups in total. The van der Waals surface area contributed by atoms with E-state index in [1.807, 2.05) is 25.7 Å². The fourth-order valence-corrected chi connectivity index (χ4v) is 5.72. The van der Waals surface area contributed by atoms with Crippen molar-refractivity contribution in [3.05, 3.63) is 0 Å². The molecule has 19 heavy (non-hydrogen) atoms. The van der Waals surface area contributed by atoms with Crippen LogP contribution >= 0.6 is 15.9 Å². The number of nitrogens with zero attached hydrogens (tertiary/aromatic N) is 1. The van der Waals surface area contributed by atoms with Crippen molar-refractivity contribution in [2.75, 3.05) is 13.1 Å². The lowest BCUT2D eigenvalue weighted by Gasteiger charge is -2.42. The lowest BCUT2D eigenvalue weighted by atomic mass is 9.64. The first-order chi connectivity index (χ1) is 8.70. The van der Waals surface area contributed by atoms with Crippen LogP contribution in [-0.2, 0) is 9.59 Å². The van der Waals surface area contributed by atoms with Gasteiger partial charge in [0.1, 0.15) is 0 Å². The molecular formula is C15H24BrNO2. The molecule has 0 heterocycles. The second-order valence-electron chi connectivity index (χ2n) is 6.63. The number of amides is 1. The molecule has 2 saturated carbocycles. The van der Waals surface area contributed by atoms with E-state index in [0.717, 1.165) is 12.8 Å². The van der Waals surface area contributed by atoms with Crippen LogP contribution in [0.25, 0.3) is 0 Å². The van der Waals surface area contributed by atoms with Crippen molar-refractivity contribution in [1.82, 2.24) is 4.90 Å². The Balaban J connectivity index is 2.54. The van der Waals surface area contributed by atoms with E-state index < -0.39 is 5.41 Å². The van der Waals surface area contributed by atoms with Gasteiger partial charge < -0.3 is 4.90 Å². The summed E-state index contributed by atoms with van der Waals surface area (Å²) in [6, 6.07) is 0. The SMILES string of the molecule is CCN(CC)C(=O)C12CCC(C)(C(=O)C1Br)C2(C)C. The normalized spacial score (nSPS) is 39.7. The van der Waals surface area contributed by atoms with Crippen molar-refractivity contribution in [3.63, 3.8) is 0 Å². The number of rotatable bonds is 3. The summed E-state index contributed by atoms with van der Waals surface area (Å²) in [4.78, 5) is 27.2. The Hall–Kier alpha value is -0.380. The molecule has 0 spiro atoms. The van der Waals surface area contributed by atoms with E-state index in [2.05, 4.69) is 29.8 Å². The topological polar surface area (TPSA) is 37.4 Å². The van der Waals surface area contributed by atoms with Crippen LogP contribution < -0.4 is 0 Å². The maximum Gasteiger partial charge on any atom is 0.230 e. The first-order valence-corrected chi connectivity index (χ1v) is 8.10. The zero-order chi connectivity index (χ0) is 14.6. The maximum atomic E-state index is 13.0. The lowest BCUT2D eigenvalue weighted by Crippen LogP contribution is -2.52. The fourth-order valence-electron chi connectivity index (χ4n) is 4.22. The van der Waals surface area contributed by atoms with Gasteiger partial charge in [0.05, 0.1) is 10.2 Å². The van der Waals surface area contributed by atoms with Gasteiger partial charge in [-0.05, 0) is 32.1 Å². The van der Waals surface area contributed by atoms with E-state index >= 15 is 0 Å². The van der Waals surface area contributed by atoms with E-state index in [1.54, 1.807) is 0 Å². The van der Waals surface area contributed by atoms with Crippen molar-refractivity contribution < 1.29 is 9.59 Å². The van der Waals surface area contributed by atoms with Crippen LogP contribution in [0.1, 0.15) is 47.5 Å². The third-order valence-corrected chi connectivity index (χ3v) is 7.35. The third kappa shape index (κ3) is 1.44. The number of carbonyl (C=O) groups excluding carboxylic acids is 2. The standard InChI is InChI=1S/C15H24BrNO2/c1-6-17(7-2)12(19)15-9-8-14(5,13(15,3)4)11(18)10(15)16/h10H,6-9H2,1-5H3. The van der Waals surface area contributed by atoms with Crippen LogP contribution in [0.3, 0.4) is 0 Å². The molecule has 3 atom stereocenters. The zero-order valence-corrected chi connectivity index (χ0v) is 14.1. The summed E-state index contributed by atoms with van der Waals surface area (Å²) in [6.07, 6.45) is 1.64. The number of Topliss-reactive ketones (excluding diaryl/α,β-unsaturated/α-hetero) is 1. The predicted octanol–water partition coefficient (Wildman–Crippen LogP) is 3.01. The van der Waals surface area contributed by atoms with Gasteiger partial charge in [0.15, 0.2) is 5.78 Å². The van der Waals surface area contributed by atoms with Crippen molar-refractivity contribution in [2.24, 2.45) is 16.2 Å². The van der Waals surface area contributed by atoms with Crippen molar-refractivity contribution in [3.8, 4) is 0 Å². The molecule has 0 saturated heterocycles. The Morgan fingerprint density at radius 3 is 2.16 bits per heavy atom. The summed E-state index contributed by atoms with van der Waals surface area (Å²) in [5, 5.41) is 0.